The Labute approximate surface area is 163 Å². The molecule has 0 aromatic carbocycles. The fraction of sp³-hybridized carbons (Fsp3) is 0.900. The van der Waals surface area contributed by atoms with E-state index in [0.717, 1.165) is 74.8 Å². The van der Waals surface area contributed by atoms with Crippen LogP contribution in [0.2, 0.25) is 36.3 Å². The molecular formula is C20H42O4Si2. The van der Waals surface area contributed by atoms with Gasteiger partial charge < -0.3 is 8.85 Å². The molecule has 0 aromatic heterocycles. The van der Waals surface area contributed by atoms with E-state index < -0.39 is 16.6 Å². The summed E-state index contributed by atoms with van der Waals surface area (Å²) in [6.07, 6.45) is 6.50. The maximum absolute atomic E-state index is 11.7. The van der Waals surface area contributed by atoms with Crippen molar-refractivity contribution in [2.45, 2.75) is 116 Å². The third-order valence-corrected chi connectivity index (χ3v) is 14.7. The van der Waals surface area contributed by atoms with Gasteiger partial charge >= 0.3 is 0 Å². The van der Waals surface area contributed by atoms with Crippen LogP contribution in [-0.4, -0.2) is 28.6 Å². The Kier molecular flexibility index (Phi) is 13.2. The molecule has 0 unspecified atom stereocenters. The molecule has 0 fully saturated rings. The first kappa shape index (κ1) is 25.4. The average Bonchev–Trinajstić information content (AvgIpc) is 2.51. The molecule has 0 spiro atoms. The predicted molar refractivity (Wildman–Crippen MR) is 114 cm³/mol. The number of hydrogen-bond acceptors (Lipinski definition) is 4. The molecule has 0 amide bonds. The smallest absolute Gasteiger partial charge is 0.289 e. The van der Waals surface area contributed by atoms with Crippen LogP contribution in [0.15, 0.2) is 0 Å². The summed E-state index contributed by atoms with van der Waals surface area (Å²) >= 11 is 0. The van der Waals surface area contributed by atoms with Crippen LogP contribution in [0.4, 0.5) is 0 Å². The van der Waals surface area contributed by atoms with Gasteiger partial charge in [0.1, 0.15) is 0 Å². The molecule has 0 radical (unpaired) electrons. The zero-order valence-corrected chi connectivity index (χ0v) is 20.1. The number of hydrogen-bond donors (Lipinski definition) is 0. The third-order valence-electron chi connectivity index (χ3n) is 5.06. The van der Waals surface area contributed by atoms with E-state index in [2.05, 4.69) is 27.7 Å². The Morgan fingerprint density at radius 2 is 0.846 bits per heavy atom. The second-order valence-electron chi connectivity index (χ2n) is 7.76. The highest BCUT2D eigenvalue weighted by Gasteiger charge is 2.38. The van der Waals surface area contributed by atoms with Crippen molar-refractivity contribution >= 4 is 28.6 Å². The predicted octanol–water partition coefficient (Wildman–Crippen LogP) is 6.42. The molecule has 4 nitrogen and oxygen atoms in total. The maximum Gasteiger partial charge on any atom is 0.289 e. The first-order valence-corrected chi connectivity index (χ1v) is 15.7. The van der Waals surface area contributed by atoms with Crippen molar-refractivity contribution in [3.63, 3.8) is 0 Å². The van der Waals surface area contributed by atoms with E-state index in [1.54, 1.807) is 13.8 Å². The van der Waals surface area contributed by atoms with Crippen molar-refractivity contribution in [1.82, 2.24) is 0 Å². The minimum Gasteiger partial charge on any atom is -0.519 e. The quantitative estimate of drug-likeness (QED) is 0.234. The lowest BCUT2D eigenvalue weighted by atomic mass is 10.4. The Morgan fingerprint density at radius 1 is 0.577 bits per heavy atom. The van der Waals surface area contributed by atoms with Gasteiger partial charge in [-0.2, -0.15) is 0 Å². The van der Waals surface area contributed by atoms with E-state index in [1.165, 1.54) is 0 Å². The summed E-state index contributed by atoms with van der Waals surface area (Å²) in [5.74, 6) is -0.224. The lowest BCUT2D eigenvalue weighted by molar-refractivity contribution is -0.133. The van der Waals surface area contributed by atoms with Gasteiger partial charge in [-0.05, 0) is 36.3 Å². The van der Waals surface area contributed by atoms with Crippen molar-refractivity contribution in [3.05, 3.63) is 0 Å². The molecule has 0 heterocycles. The molecule has 0 aliphatic carbocycles. The van der Waals surface area contributed by atoms with Crippen LogP contribution in [-0.2, 0) is 18.4 Å². The zero-order chi connectivity index (χ0) is 20.1. The summed E-state index contributed by atoms with van der Waals surface area (Å²) in [4.78, 5) is 23.3. The number of rotatable bonds is 15. The Morgan fingerprint density at radius 3 is 1.04 bits per heavy atom. The van der Waals surface area contributed by atoms with E-state index in [1.807, 2.05) is 0 Å². The zero-order valence-electron chi connectivity index (χ0n) is 18.1. The van der Waals surface area contributed by atoms with Crippen molar-refractivity contribution in [3.8, 4) is 0 Å². The van der Waals surface area contributed by atoms with Gasteiger partial charge in [0.2, 0.25) is 0 Å². The highest BCUT2D eigenvalue weighted by molar-refractivity contribution is 6.75. The maximum atomic E-state index is 11.7. The monoisotopic (exact) mass is 402 g/mol. The van der Waals surface area contributed by atoms with Crippen LogP contribution in [0, 0.1) is 0 Å². The minimum absolute atomic E-state index is 0.112. The molecule has 0 aliphatic rings. The Balaban J connectivity index is 4.92. The molecule has 0 saturated heterocycles. The number of unbranched alkanes of at least 4 members (excludes halogenated alkanes) is 1. The molecule has 0 N–H and O–H groups in total. The van der Waals surface area contributed by atoms with Crippen LogP contribution in [0.25, 0.3) is 0 Å². The van der Waals surface area contributed by atoms with Gasteiger partial charge in [0.05, 0.1) is 0 Å². The van der Waals surface area contributed by atoms with Gasteiger partial charge in [-0.3, -0.25) is 9.59 Å². The molecule has 0 saturated carbocycles. The van der Waals surface area contributed by atoms with Crippen molar-refractivity contribution in [2.75, 3.05) is 0 Å². The van der Waals surface area contributed by atoms with Gasteiger partial charge in [-0.25, -0.2) is 0 Å². The molecule has 0 atom stereocenters. The molecule has 6 heteroatoms. The van der Waals surface area contributed by atoms with E-state index in [4.69, 9.17) is 8.85 Å². The first-order valence-electron chi connectivity index (χ1n) is 10.7. The SMILES string of the molecule is CCC[Si](CCC)(CCCC[Si](CCC)(CCC)OC(C)=O)OC(C)=O. The summed E-state index contributed by atoms with van der Waals surface area (Å²) < 4.78 is 11.9. The normalized spacial score (nSPS) is 12.1. The standard InChI is InChI=1S/C20H42O4Si2/c1-7-13-25(14-8-2,23-19(5)21)17-11-12-18-26(15-9-3,16-10-4)24-20(6)22/h7-18H2,1-6H3. The van der Waals surface area contributed by atoms with Gasteiger partial charge in [0, 0.05) is 13.8 Å². The molecular weight excluding hydrogens is 360 g/mol. The molecule has 0 aliphatic heterocycles. The largest absolute Gasteiger partial charge is 0.519 e. The summed E-state index contributed by atoms with van der Waals surface area (Å²) in [7, 11) is -3.93. The van der Waals surface area contributed by atoms with Crippen LogP contribution < -0.4 is 0 Å². The van der Waals surface area contributed by atoms with E-state index in [9.17, 15) is 9.59 Å². The van der Waals surface area contributed by atoms with Crippen molar-refractivity contribution in [2.24, 2.45) is 0 Å². The first-order chi connectivity index (χ1) is 12.3. The second kappa shape index (κ2) is 13.5. The van der Waals surface area contributed by atoms with Crippen LogP contribution in [0.1, 0.15) is 80.1 Å². The Hall–Kier alpha value is -0.626. The van der Waals surface area contributed by atoms with Crippen LogP contribution >= 0.6 is 0 Å². The van der Waals surface area contributed by atoms with Crippen molar-refractivity contribution in [1.29, 1.82) is 0 Å². The van der Waals surface area contributed by atoms with Gasteiger partial charge in [0.15, 0.2) is 0 Å². The lowest BCUT2D eigenvalue weighted by Crippen LogP contribution is -2.41. The molecule has 0 rings (SSSR count). The van der Waals surface area contributed by atoms with Gasteiger partial charge in [-0.15, -0.1) is 0 Å². The molecule has 154 valence electrons. The molecule has 26 heavy (non-hydrogen) atoms. The van der Waals surface area contributed by atoms with E-state index in [0.29, 0.717) is 0 Å². The van der Waals surface area contributed by atoms with Gasteiger partial charge in [-0.1, -0.05) is 66.2 Å². The average molecular weight is 403 g/mol. The Bertz CT molecular complexity index is 363. The topological polar surface area (TPSA) is 52.6 Å². The summed E-state index contributed by atoms with van der Waals surface area (Å²) in [5.41, 5.74) is 0. The fourth-order valence-corrected chi connectivity index (χ4v) is 13.1. The summed E-state index contributed by atoms with van der Waals surface area (Å²) in [5, 5.41) is 0. The second-order valence-corrected chi connectivity index (χ2v) is 15.9. The van der Waals surface area contributed by atoms with Crippen LogP contribution in [0.3, 0.4) is 0 Å². The molecule has 0 aromatic rings. The lowest BCUT2D eigenvalue weighted by Gasteiger charge is -2.32. The number of carbonyl (C=O) groups excluding carboxylic acids is 2. The fourth-order valence-electron chi connectivity index (χ4n) is 4.38. The van der Waals surface area contributed by atoms with Crippen LogP contribution in [0.5, 0.6) is 0 Å². The highest BCUT2D eigenvalue weighted by atomic mass is 28.4. The minimum atomic E-state index is -1.97. The van der Waals surface area contributed by atoms with Crippen molar-refractivity contribution < 1.29 is 18.4 Å². The number of carbonyl (C=O) groups is 2. The van der Waals surface area contributed by atoms with Gasteiger partial charge in [0.25, 0.3) is 28.6 Å². The van der Waals surface area contributed by atoms with E-state index >= 15 is 0 Å². The molecule has 0 bridgehead atoms. The summed E-state index contributed by atoms with van der Waals surface area (Å²) in [6.45, 7) is 11.8. The third kappa shape index (κ3) is 9.90. The van der Waals surface area contributed by atoms with E-state index in [-0.39, 0.29) is 11.9 Å². The highest BCUT2D eigenvalue weighted by Crippen LogP contribution is 2.32. The summed E-state index contributed by atoms with van der Waals surface area (Å²) in [6, 6.07) is 6.37.